The van der Waals surface area contributed by atoms with Gasteiger partial charge >= 0.3 is 0 Å². The SMILES string of the molecule is Cc1ccc(CN(C(=O)COc2ccccc2)[C@@H](Cc2ccccc2)C(=O)NC2CCCC2)cc1. The van der Waals surface area contributed by atoms with Crippen molar-refractivity contribution in [2.24, 2.45) is 0 Å². The second-order valence-corrected chi connectivity index (χ2v) is 9.30. The van der Waals surface area contributed by atoms with E-state index in [4.69, 9.17) is 4.74 Å². The highest BCUT2D eigenvalue weighted by Gasteiger charge is 2.32. The van der Waals surface area contributed by atoms with Gasteiger partial charge in [-0.1, -0.05) is 91.2 Å². The molecule has 0 saturated heterocycles. The van der Waals surface area contributed by atoms with Crippen molar-refractivity contribution in [1.82, 2.24) is 10.2 Å². The quantitative estimate of drug-likeness (QED) is 0.450. The summed E-state index contributed by atoms with van der Waals surface area (Å²) in [5, 5.41) is 3.23. The predicted octanol–water partition coefficient (Wildman–Crippen LogP) is 5.07. The van der Waals surface area contributed by atoms with Gasteiger partial charge in [0.05, 0.1) is 0 Å². The van der Waals surface area contributed by atoms with Gasteiger partial charge in [0.15, 0.2) is 6.61 Å². The third kappa shape index (κ3) is 7.19. The summed E-state index contributed by atoms with van der Waals surface area (Å²) in [6, 6.07) is 26.8. The minimum Gasteiger partial charge on any atom is -0.484 e. The largest absolute Gasteiger partial charge is 0.484 e. The average Bonchev–Trinajstić information content (AvgIpc) is 3.40. The third-order valence-electron chi connectivity index (χ3n) is 6.55. The Balaban J connectivity index is 1.60. The van der Waals surface area contributed by atoms with Crippen LogP contribution in [0.25, 0.3) is 0 Å². The Morgan fingerprint density at radius 3 is 2.17 bits per heavy atom. The van der Waals surface area contributed by atoms with Crippen molar-refractivity contribution in [3.05, 3.63) is 102 Å². The Kier molecular flexibility index (Phi) is 8.55. The van der Waals surface area contributed by atoms with Crippen molar-refractivity contribution in [2.75, 3.05) is 6.61 Å². The molecule has 4 rings (SSSR count). The molecule has 0 aliphatic heterocycles. The lowest BCUT2D eigenvalue weighted by atomic mass is 10.0. The van der Waals surface area contributed by atoms with Gasteiger partial charge in [-0.3, -0.25) is 9.59 Å². The van der Waals surface area contributed by atoms with Crippen LogP contribution in [-0.2, 0) is 22.6 Å². The Morgan fingerprint density at radius 2 is 1.51 bits per heavy atom. The summed E-state index contributed by atoms with van der Waals surface area (Å²) in [4.78, 5) is 28.9. The summed E-state index contributed by atoms with van der Waals surface area (Å²) in [5.41, 5.74) is 3.15. The van der Waals surface area contributed by atoms with E-state index in [1.165, 1.54) is 0 Å². The molecule has 1 fully saturated rings. The normalized spacial score (nSPS) is 14.3. The van der Waals surface area contributed by atoms with Crippen molar-refractivity contribution < 1.29 is 14.3 Å². The van der Waals surface area contributed by atoms with Crippen LogP contribution in [0.4, 0.5) is 0 Å². The van der Waals surface area contributed by atoms with Crippen LogP contribution in [0.1, 0.15) is 42.4 Å². The molecule has 1 aliphatic rings. The zero-order chi connectivity index (χ0) is 24.5. The van der Waals surface area contributed by atoms with E-state index < -0.39 is 6.04 Å². The number of ether oxygens (including phenoxy) is 1. The lowest BCUT2D eigenvalue weighted by Gasteiger charge is -2.32. The number of amides is 2. The highest BCUT2D eigenvalue weighted by molar-refractivity contribution is 5.88. The molecule has 5 nitrogen and oxygen atoms in total. The molecule has 0 heterocycles. The fourth-order valence-corrected chi connectivity index (χ4v) is 4.56. The van der Waals surface area contributed by atoms with Gasteiger partial charge in [-0.2, -0.15) is 0 Å². The first-order valence-electron chi connectivity index (χ1n) is 12.5. The fourth-order valence-electron chi connectivity index (χ4n) is 4.56. The number of carbonyl (C=O) groups is 2. The number of nitrogens with one attached hydrogen (secondary N) is 1. The summed E-state index contributed by atoms with van der Waals surface area (Å²) < 4.78 is 5.80. The number of hydrogen-bond donors (Lipinski definition) is 1. The van der Waals surface area contributed by atoms with Gasteiger partial charge in [-0.05, 0) is 43.0 Å². The smallest absolute Gasteiger partial charge is 0.261 e. The van der Waals surface area contributed by atoms with Crippen LogP contribution in [0.15, 0.2) is 84.9 Å². The van der Waals surface area contributed by atoms with E-state index in [0.717, 1.165) is 42.4 Å². The molecule has 1 aliphatic carbocycles. The van der Waals surface area contributed by atoms with Crippen LogP contribution >= 0.6 is 0 Å². The van der Waals surface area contributed by atoms with Crippen molar-refractivity contribution in [2.45, 2.75) is 57.7 Å². The molecule has 3 aromatic rings. The van der Waals surface area contributed by atoms with Gasteiger partial charge in [0.25, 0.3) is 5.91 Å². The van der Waals surface area contributed by atoms with E-state index in [1.54, 1.807) is 4.90 Å². The fraction of sp³-hybridized carbons (Fsp3) is 0.333. The Bertz CT molecular complexity index is 1080. The summed E-state index contributed by atoms with van der Waals surface area (Å²) >= 11 is 0. The maximum Gasteiger partial charge on any atom is 0.261 e. The molecule has 0 aromatic heterocycles. The van der Waals surface area contributed by atoms with Crippen LogP contribution in [0.2, 0.25) is 0 Å². The molecule has 1 N–H and O–H groups in total. The lowest BCUT2D eigenvalue weighted by Crippen LogP contribution is -2.53. The first kappa shape index (κ1) is 24.5. The number of nitrogens with zero attached hydrogens (tertiary/aromatic N) is 1. The number of para-hydroxylation sites is 1. The Labute approximate surface area is 208 Å². The highest BCUT2D eigenvalue weighted by atomic mass is 16.5. The molecule has 0 unspecified atom stereocenters. The van der Waals surface area contributed by atoms with Crippen LogP contribution < -0.4 is 10.1 Å². The maximum absolute atomic E-state index is 13.6. The van der Waals surface area contributed by atoms with Crippen LogP contribution in [0.3, 0.4) is 0 Å². The number of aryl methyl sites for hydroxylation is 1. The van der Waals surface area contributed by atoms with Gasteiger partial charge in [-0.15, -0.1) is 0 Å². The summed E-state index contributed by atoms with van der Waals surface area (Å²) in [6.45, 7) is 2.25. The summed E-state index contributed by atoms with van der Waals surface area (Å²) in [5.74, 6) is 0.323. The number of benzene rings is 3. The van der Waals surface area contributed by atoms with Gasteiger partial charge in [0.2, 0.25) is 5.91 Å². The van der Waals surface area contributed by atoms with E-state index in [0.29, 0.717) is 18.7 Å². The molecule has 1 saturated carbocycles. The van der Waals surface area contributed by atoms with E-state index in [9.17, 15) is 9.59 Å². The minimum atomic E-state index is -0.633. The van der Waals surface area contributed by atoms with Gasteiger partial charge in [-0.25, -0.2) is 0 Å². The van der Waals surface area contributed by atoms with Crippen LogP contribution in [-0.4, -0.2) is 35.4 Å². The van der Waals surface area contributed by atoms with Crippen LogP contribution in [0, 0.1) is 6.92 Å². The average molecular weight is 471 g/mol. The number of carbonyl (C=O) groups excluding carboxylic acids is 2. The highest BCUT2D eigenvalue weighted by Crippen LogP contribution is 2.20. The molecule has 3 aromatic carbocycles. The molecular formula is C30H34N2O3. The minimum absolute atomic E-state index is 0.0964. The monoisotopic (exact) mass is 470 g/mol. The molecule has 2 amide bonds. The summed E-state index contributed by atoms with van der Waals surface area (Å²) in [7, 11) is 0. The second-order valence-electron chi connectivity index (χ2n) is 9.30. The van der Waals surface area contributed by atoms with E-state index in [2.05, 4.69) is 5.32 Å². The van der Waals surface area contributed by atoms with E-state index >= 15 is 0 Å². The van der Waals surface area contributed by atoms with Gasteiger partial charge in [0.1, 0.15) is 11.8 Å². The maximum atomic E-state index is 13.6. The first-order valence-corrected chi connectivity index (χ1v) is 12.5. The van der Waals surface area contributed by atoms with Crippen molar-refractivity contribution in [1.29, 1.82) is 0 Å². The second kappa shape index (κ2) is 12.2. The Morgan fingerprint density at radius 1 is 0.886 bits per heavy atom. The van der Waals surface area contributed by atoms with E-state index in [-0.39, 0.29) is 24.5 Å². The zero-order valence-corrected chi connectivity index (χ0v) is 20.4. The molecule has 1 atom stereocenters. The zero-order valence-electron chi connectivity index (χ0n) is 20.4. The molecule has 5 heteroatoms. The lowest BCUT2D eigenvalue weighted by molar-refractivity contribution is -0.143. The topological polar surface area (TPSA) is 58.6 Å². The standard InChI is InChI=1S/C30H34N2O3/c1-23-16-18-25(19-17-23)21-32(29(33)22-35-27-14-6-3-7-15-27)28(20-24-10-4-2-5-11-24)30(34)31-26-12-8-9-13-26/h2-7,10-11,14-19,26,28H,8-9,12-13,20-22H2,1H3,(H,31,34)/t28-/m0/s1. The molecular weight excluding hydrogens is 436 g/mol. The summed E-state index contributed by atoms with van der Waals surface area (Å²) in [6.07, 6.45) is 4.69. The van der Waals surface area contributed by atoms with Crippen molar-refractivity contribution in [3.8, 4) is 5.75 Å². The van der Waals surface area contributed by atoms with Crippen LogP contribution in [0.5, 0.6) is 5.75 Å². The molecule has 0 radical (unpaired) electrons. The molecule has 0 bridgehead atoms. The first-order chi connectivity index (χ1) is 17.1. The predicted molar refractivity (Wildman–Crippen MR) is 138 cm³/mol. The number of rotatable bonds is 10. The van der Waals surface area contributed by atoms with Gasteiger partial charge < -0.3 is 15.0 Å². The van der Waals surface area contributed by atoms with Crippen molar-refractivity contribution >= 4 is 11.8 Å². The molecule has 182 valence electrons. The Hall–Kier alpha value is -3.60. The number of hydrogen-bond acceptors (Lipinski definition) is 3. The van der Waals surface area contributed by atoms with E-state index in [1.807, 2.05) is 91.9 Å². The third-order valence-corrected chi connectivity index (χ3v) is 6.55. The van der Waals surface area contributed by atoms with Crippen molar-refractivity contribution in [3.63, 3.8) is 0 Å². The molecule has 0 spiro atoms. The molecule has 35 heavy (non-hydrogen) atoms. The van der Waals surface area contributed by atoms with Gasteiger partial charge in [0, 0.05) is 19.0 Å².